The van der Waals surface area contributed by atoms with Gasteiger partial charge in [-0.3, -0.25) is 0 Å². The van der Waals surface area contributed by atoms with Crippen molar-refractivity contribution >= 4 is 5.97 Å². The average Bonchev–Trinajstić information content (AvgIpc) is 2.38. The van der Waals surface area contributed by atoms with Crippen molar-refractivity contribution in [3.8, 4) is 17.0 Å². The van der Waals surface area contributed by atoms with Gasteiger partial charge in [-0.05, 0) is 18.2 Å². The highest BCUT2D eigenvalue weighted by Gasteiger charge is 2.18. The Morgan fingerprint density at radius 3 is 2.63 bits per heavy atom. The maximum atomic E-state index is 13.9. The molecule has 0 unspecified atom stereocenters. The second kappa shape index (κ2) is 4.97. The molecule has 0 saturated carbocycles. The van der Waals surface area contributed by atoms with Crippen LogP contribution in [0.25, 0.3) is 11.3 Å². The van der Waals surface area contributed by atoms with Crippen molar-refractivity contribution in [2.75, 3.05) is 7.11 Å². The molecule has 98 valence electrons. The number of aromatic carboxylic acids is 1. The van der Waals surface area contributed by atoms with E-state index in [1.165, 1.54) is 19.2 Å². The summed E-state index contributed by atoms with van der Waals surface area (Å²) in [5.74, 6) is -3.33. The van der Waals surface area contributed by atoms with Crippen LogP contribution in [-0.2, 0) is 0 Å². The molecule has 0 amide bonds. The number of nitrogens with zero attached hydrogens (tertiary/aromatic N) is 2. The third-order valence-corrected chi connectivity index (χ3v) is 2.42. The molecular formula is C12H8F2N2O3. The van der Waals surface area contributed by atoms with Gasteiger partial charge in [-0.25, -0.2) is 23.5 Å². The van der Waals surface area contributed by atoms with Gasteiger partial charge in [0.15, 0.2) is 23.1 Å². The van der Waals surface area contributed by atoms with Crippen molar-refractivity contribution in [1.82, 2.24) is 9.97 Å². The molecule has 0 fully saturated rings. The lowest BCUT2D eigenvalue weighted by molar-refractivity contribution is 0.0684. The smallest absolute Gasteiger partial charge is 0.357 e. The Balaban J connectivity index is 2.56. The SMILES string of the molecule is COc1ccc(-c2ncnc(C(=O)O)c2F)cc1F. The van der Waals surface area contributed by atoms with Gasteiger partial charge in [0.2, 0.25) is 0 Å². The highest BCUT2D eigenvalue weighted by Crippen LogP contribution is 2.26. The van der Waals surface area contributed by atoms with Gasteiger partial charge in [0.05, 0.1) is 7.11 Å². The highest BCUT2D eigenvalue weighted by atomic mass is 19.1. The Hall–Kier alpha value is -2.57. The number of benzene rings is 1. The lowest BCUT2D eigenvalue weighted by atomic mass is 10.1. The lowest BCUT2D eigenvalue weighted by Gasteiger charge is -2.06. The number of ether oxygens (including phenoxy) is 1. The summed E-state index contributed by atoms with van der Waals surface area (Å²) in [6, 6.07) is 3.68. The number of methoxy groups -OCH3 is 1. The van der Waals surface area contributed by atoms with Crippen molar-refractivity contribution in [2.45, 2.75) is 0 Å². The summed E-state index contributed by atoms with van der Waals surface area (Å²) in [5.41, 5.74) is -0.948. The summed E-state index contributed by atoms with van der Waals surface area (Å²) in [7, 11) is 1.30. The minimum Gasteiger partial charge on any atom is -0.494 e. The highest BCUT2D eigenvalue weighted by molar-refractivity contribution is 5.87. The molecule has 1 N–H and O–H groups in total. The first-order valence-corrected chi connectivity index (χ1v) is 5.12. The first-order valence-electron chi connectivity index (χ1n) is 5.12. The Labute approximate surface area is 106 Å². The number of aromatic nitrogens is 2. The fourth-order valence-corrected chi connectivity index (χ4v) is 1.53. The molecular weight excluding hydrogens is 258 g/mol. The summed E-state index contributed by atoms with van der Waals surface area (Å²) < 4.78 is 32.1. The number of halogens is 2. The summed E-state index contributed by atoms with van der Waals surface area (Å²) >= 11 is 0. The van der Waals surface area contributed by atoms with Crippen LogP contribution in [0.3, 0.4) is 0 Å². The van der Waals surface area contributed by atoms with Crippen LogP contribution in [0.4, 0.5) is 8.78 Å². The number of carbonyl (C=O) groups is 1. The van der Waals surface area contributed by atoms with Crippen LogP contribution in [0, 0.1) is 11.6 Å². The van der Waals surface area contributed by atoms with Crippen molar-refractivity contribution in [2.24, 2.45) is 0 Å². The second-order valence-electron chi connectivity index (χ2n) is 3.54. The Morgan fingerprint density at radius 1 is 1.32 bits per heavy atom. The minimum absolute atomic E-state index is 0.00308. The third-order valence-electron chi connectivity index (χ3n) is 2.42. The van der Waals surface area contributed by atoms with Crippen LogP contribution >= 0.6 is 0 Å². The van der Waals surface area contributed by atoms with Crippen LogP contribution in [0.5, 0.6) is 5.75 Å². The van der Waals surface area contributed by atoms with Crippen LogP contribution in [0.1, 0.15) is 10.5 Å². The van der Waals surface area contributed by atoms with E-state index in [0.717, 1.165) is 12.4 Å². The topological polar surface area (TPSA) is 72.3 Å². The Morgan fingerprint density at radius 2 is 2.05 bits per heavy atom. The number of hydrogen-bond acceptors (Lipinski definition) is 4. The van der Waals surface area contributed by atoms with E-state index in [1.807, 2.05) is 0 Å². The summed E-state index contributed by atoms with van der Waals surface area (Å²) in [6.07, 6.45) is 0.907. The Kier molecular flexibility index (Phi) is 3.37. The van der Waals surface area contributed by atoms with E-state index in [-0.39, 0.29) is 17.0 Å². The predicted octanol–water partition coefficient (Wildman–Crippen LogP) is 2.13. The molecule has 5 nitrogen and oxygen atoms in total. The van der Waals surface area contributed by atoms with Gasteiger partial charge in [-0.1, -0.05) is 0 Å². The quantitative estimate of drug-likeness (QED) is 0.921. The van der Waals surface area contributed by atoms with Crippen LogP contribution in [0.15, 0.2) is 24.5 Å². The van der Waals surface area contributed by atoms with Gasteiger partial charge in [0.1, 0.15) is 12.0 Å². The average molecular weight is 266 g/mol. The molecule has 0 spiro atoms. The van der Waals surface area contributed by atoms with Crippen molar-refractivity contribution in [3.05, 3.63) is 41.9 Å². The molecule has 2 rings (SSSR count). The van der Waals surface area contributed by atoms with E-state index in [4.69, 9.17) is 9.84 Å². The van der Waals surface area contributed by atoms with Gasteiger partial charge in [0, 0.05) is 5.56 Å². The van der Waals surface area contributed by atoms with Gasteiger partial charge < -0.3 is 9.84 Å². The number of hydrogen-bond donors (Lipinski definition) is 1. The molecule has 1 aromatic carbocycles. The molecule has 0 saturated heterocycles. The van der Waals surface area contributed by atoms with Crippen molar-refractivity contribution in [3.63, 3.8) is 0 Å². The summed E-state index contributed by atoms with van der Waals surface area (Å²) in [4.78, 5) is 17.7. The predicted molar refractivity (Wildman–Crippen MR) is 60.9 cm³/mol. The second-order valence-corrected chi connectivity index (χ2v) is 3.54. The number of rotatable bonds is 3. The fourth-order valence-electron chi connectivity index (χ4n) is 1.53. The lowest BCUT2D eigenvalue weighted by Crippen LogP contribution is -2.07. The molecule has 2 aromatic rings. The van der Waals surface area contributed by atoms with Gasteiger partial charge in [-0.2, -0.15) is 0 Å². The zero-order valence-electron chi connectivity index (χ0n) is 9.72. The van der Waals surface area contributed by atoms with Crippen LogP contribution in [-0.4, -0.2) is 28.2 Å². The summed E-state index contributed by atoms with van der Waals surface area (Å²) in [6.45, 7) is 0. The largest absolute Gasteiger partial charge is 0.494 e. The zero-order valence-corrected chi connectivity index (χ0v) is 9.72. The van der Waals surface area contributed by atoms with Gasteiger partial charge in [-0.15, -0.1) is 0 Å². The zero-order chi connectivity index (χ0) is 14.0. The Bertz CT molecular complexity index is 647. The van der Waals surface area contributed by atoms with Gasteiger partial charge in [0.25, 0.3) is 0 Å². The molecule has 0 aliphatic heterocycles. The van der Waals surface area contributed by atoms with Gasteiger partial charge >= 0.3 is 5.97 Å². The molecule has 0 aliphatic rings. The fraction of sp³-hybridized carbons (Fsp3) is 0.0833. The third kappa shape index (κ3) is 2.35. The van der Waals surface area contributed by atoms with E-state index < -0.39 is 23.3 Å². The minimum atomic E-state index is -1.52. The molecule has 0 radical (unpaired) electrons. The molecule has 1 heterocycles. The van der Waals surface area contributed by atoms with Crippen molar-refractivity contribution < 1.29 is 23.4 Å². The molecule has 0 atom stereocenters. The van der Waals surface area contributed by atoms with Crippen LogP contribution in [0.2, 0.25) is 0 Å². The molecule has 0 aliphatic carbocycles. The van der Waals surface area contributed by atoms with E-state index in [2.05, 4.69) is 9.97 Å². The molecule has 1 aromatic heterocycles. The van der Waals surface area contributed by atoms with E-state index >= 15 is 0 Å². The standard InChI is InChI=1S/C12H8F2N2O3/c1-19-8-3-2-6(4-7(8)13)10-9(14)11(12(17)18)16-5-15-10/h2-5H,1H3,(H,17,18). The number of carboxylic acid groups (broad SMARTS) is 1. The maximum absolute atomic E-state index is 13.9. The molecule has 7 heteroatoms. The van der Waals surface area contributed by atoms with Crippen molar-refractivity contribution in [1.29, 1.82) is 0 Å². The van der Waals surface area contributed by atoms with E-state index in [1.54, 1.807) is 0 Å². The monoisotopic (exact) mass is 266 g/mol. The molecule has 19 heavy (non-hydrogen) atoms. The normalized spacial score (nSPS) is 10.3. The summed E-state index contributed by atoms with van der Waals surface area (Å²) in [5, 5.41) is 8.75. The number of carboxylic acids is 1. The molecule has 0 bridgehead atoms. The van der Waals surface area contributed by atoms with E-state index in [9.17, 15) is 13.6 Å². The first-order chi connectivity index (χ1) is 9.04. The van der Waals surface area contributed by atoms with E-state index in [0.29, 0.717) is 0 Å². The first kappa shape index (κ1) is 12.9. The maximum Gasteiger partial charge on any atom is 0.357 e. The van der Waals surface area contributed by atoms with Crippen LogP contribution < -0.4 is 4.74 Å².